The highest BCUT2D eigenvalue weighted by Crippen LogP contribution is 2.26. The first-order valence-corrected chi connectivity index (χ1v) is 11.0. The van der Waals surface area contributed by atoms with E-state index >= 15 is 0 Å². The van der Waals surface area contributed by atoms with Gasteiger partial charge in [0.2, 0.25) is 11.1 Å². The van der Waals surface area contributed by atoms with Crippen LogP contribution in [0, 0.1) is 0 Å². The van der Waals surface area contributed by atoms with E-state index in [-0.39, 0.29) is 23.6 Å². The Morgan fingerprint density at radius 1 is 1.19 bits per heavy atom. The summed E-state index contributed by atoms with van der Waals surface area (Å²) in [4.78, 5) is 24.7. The van der Waals surface area contributed by atoms with E-state index in [1.165, 1.54) is 11.8 Å². The second kappa shape index (κ2) is 9.61. The summed E-state index contributed by atoms with van der Waals surface area (Å²) in [6.45, 7) is 2.42. The molecule has 0 atom stereocenters. The number of ether oxygens (including phenoxy) is 1. The maximum atomic E-state index is 12.5. The van der Waals surface area contributed by atoms with Gasteiger partial charge in [-0.1, -0.05) is 30.0 Å². The molecule has 0 radical (unpaired) electrons. The highest BCUT2D eigenvalue weighted by Gasteiger charge is 2.24. The predicted octanol–water partition coefficient (Wildman–Crippen LogP) is 2.68. The maximum Gasteiger partial charge on any atom is 0.251 e. The van der Waals surface area contributed by atoms with Gasteiger partial charge in [-0.15, -0.1) is 5.10 Å². The van der Waals surface area contributed by atoms with Gasteiger partial charge in [0.1, 0.15) is 11.4 Å². The van der Waals surface area contributed by atoms with Crippen LogP contribution < -0.4 is 15.4 Å². The minimum Gasteiger partial charge on any atom is -0.492 e. The van der Waals surface area contributed by atoms with E-state index in [1.807, 2.05) is 31.2 Å². The predicted molar refractivity (Wildman–Crippen MR) is 117 cm³/mol. The van der Waals surface area contributed by atoms with Gasteiger partial charge in [0.25, 0.3) is 5.91 Å². The fraction of sp³-hybridized carbons (Fsp3) is 0.286. The second-order valence-electron chi connectivity index (χ2n) is 6.94. The van der Waals surface area contributed by atoms with E-state index in [2.05, 4.69) is 26.2 Å². The number of para-hydroxylation sites is 2. The molecule has 9 nitrogen and oxygen atoms in total. The van der Waals surface area contributed by atoms with Crippen molar-refractivity contribution in [1.82, 2.24) is 25.5 Å². The fourth-order valence-electron chi connectivity index (χ4n) is 2.89. The summed E-state index contributed by atoms with van der Waals surface area (Å²) in [6, 6.07) is 14.6. The third kappa shape index (κ3) is 5.40. The summed E-state index contributed by atoms with van der Waals surface area (Å²) in [7, 11) is 0. The summed E-state index contributed by atoms with van der Waals surface area (Å²) < 4.78 is 7.19. The molecule has 1 saturated carbocycles. The highest BCUT2D eigenvalue weighted by molar-refractivity contribution is 7.99. The molecule has 2 aromatic carbocycles. The first-order chi connectivity index (χ1) is 15.1. The van der Waals surface area contributed by atoms with Crippen molar-refractivity contribution in [3.63, 3.8) is 0 Å². The SMILES string of the molecule is CCOc1ccccc1-n1nnnc1SCC(=O)Nc1cccc(C(=O)NC2CC2)c1. The first kappa shape index (κ1) is 20.9. The number of hydrogen-bond acceptors (Lipinski definition) is 7. The lowest BCUT2D eigenvalue weighted by Gasteiger charge is -2.10. The molecule has 10 heteroatoms. The Morgan fingerprint density at radius 3 is 2.84 bits per heavy atom. The van der Waals surface area contributed by atoms with E-state index in [4.69, 9.17) is 4.74 Å². The molecule has 1 aromatic heterocycles. The Bertz CT molecular complexity index is 1080. The molecule has 2 N–H and O–H groups in total. The number of hydrogen-bond donors (Lipinski definition) is 2. The number of anilines is 1. The number of thioether (sulfide) groups is 1. The minimum absolute atomic E-state index is 0.107. The van der Waals surface area contributed by atoms with Crippen LogP contribution >= 0.6 is 11.8 Å². The number of amides is 2. The molecule has 4 rings (SSSR count). The van der Waals surface area contributed by atoms with Crippen LogP contribution in [0.1, 0.15) is 30.1 Å². The van der Waals surface area contributed by atoms with Gasteiger partial charge in [0, 0.05) is 17.3 Å². The van der Waals surface area contributed by atoms with E-state index in [9.17, 15) is 9.59 Å². The number of aromatic nitrogens is 4. The maximum absolute atomic E-state index is 12.5. The van der Waals surface area contributed by atoms with Crippen LogP contribution in [0.2, 0.25) is 0 Å². The van der Waals surface area contributed by atoms with E-state index in [0.29, 0.717) is 34.5 Å². The first-order valence-electron chi connectivity index (χ1n) is 9.98. The largest absolute Gasteiger partial charge is 0.492 e. The lowest BCUT2D eigenvalue weighted by atomic mass is 10.2. The summed E-state index contributed by atoms with van der Waals surface area (Å²) >= 11 is 1.21. The number of carbonyl (C=O) groups is 2. The van der Waals surface area contributed by atoms with Crippen LogP contribution in [0.25, 0.3) is 5.69 Å². The zero-order valence-corrected chi connectivity index (χ0v) is 17.8. The normalized spacial score (nSPS) is 12.9. The molecule has 3 aromatic rings. The van der Waals surface area contributed by atoms with Crippen molar-refractivity contribution in [1.29, 1.82) is 0 Å². The summed E-state index contributed by atoms with van der Waals surface area (Å²) in [5, 5.41) is 18.0. The Morgan fingerprint density at radius 2 is 2.03 bits per heavy atom. The van der Waals surface area contributed by atoms with E-state index < -0.39 is 0 Å². The van der Waals surface area contributed by atoms with Crippen molar-refractivity contribution in [2.75, 3.05) is 17.7 Å². The summed E-state index contributed by atoms with van der Waals surface area (Å²) in [6.07, 6.45) is 2.04. The third-order valence-electron chi connectivity index (χ3n) is 4.49. The van der Waals surface area contributed by atoms with Crippen molar-refractivity contribution >= 4 is 29.3 Å². The van der Waals surface area contributed by atoms with Gasteiger partial charge < -0.3 is 15.4 Å². The molecule has 0 aliphatic heterocycles. The lowest BCUT2D eigenvalue weighted by Crippen LogP contribution is -2.25. The molecule has 1 aliphatic rings. The van der Waals surface area contributed by atoms with E-state index in [1.54, 1.807) is 28.9 Å². The van der Waals surface area contributed by atoms with Crippen LogP contribution in [0.5, 0.6) is 5.75 Å². The van der Waals surface area contributed by atoms with Gasteiger partial charge in [-0.3, -0.25) is 9.59 Å². The van der Waals surface area contributed by atoms with Gasteiger partial charge in [-0.05, 0) is 60.5 Å². The molecular formula is C21H22N6O3S. The molecule has 0 bridgehead atoms. The van der Waals surface area contributed by atoms with Crippen LogP contribution in [-0.4, -0.2) is 50.4 Å². The second-order valence-corrected chi connectivity index (χ2v) is 7.88. The summed E-state index contributed by atoms with van der Waals surface area (Å²) in [5.74, 6) is 0.415. The lowest BCUT2D eigenvalue weighted by molar-refractivity contribution is -0.113. The van der Waals surface area contributed by atoms with Crippen LogP contribution in [0.4, 0.5) is 5.69 Å². The van der Waals surface area contributed by atoms with Crippen molar-refractivity contribution in [2.45, 2.75) is 31.0 Å². The Balaban J connectivity index is 1.38. The molecule has 1 aliphatic carbocycles. The molecule has 0 unspecified atom stereocenters. The zero-order chi connectivity index (χ0) is 21.6. The Hall–Kier alpha value is -3.40. The van der Waals surface area contributed by atoms with Crippen LogP contribution in [-0.2, 0) is 4.79 Å². The Labute approximate surface area is 183 Å². The molecule has 1 heterocycles. The Kier molecular flexibility index (Phi) is 6.46. The van der Waals surface area contributed by atoms with Crippen molar-refractivity contribution in [2.24, 2.45) is 0 Å². The summed E-state index contributed by atoms with van der Waals surface area (Å²) in [5.41, 5.74) is 1.79. The van der Waals surface area contributed by atoms with Crippen molar-refractivity contribution < 1.29 is 14.3 Å². The smallest absolute Gasteiger partial charge is 0.251 e. The molecule has 160 valence electrons. The number of benzene rings is 2. The zero-order valence-electron chi connectivity index (χ0n) is 16.9. The van der Waals surface area contributed by atoms with Gasteiger partial charge in [0.05, 0.1) is 12.4 Å². The highest BCUT2D eigenvalue weighted by atomic mass is 32.2. The standard InChI is InChI=1S/C21H22N6O3S/c1-2-30-18-9-4-3-8-17(18)27-21(24-25-26-27)31-13-19(28)22-16-7-5-6-14(12-16)20(29)23-15-10-11-15/h3-9,12,15H,2,10-11,13H2,1H3,(H,22,28)(H,23,29). The van der Waals surface area contributed by atoms with Crippen LogP contribution in [0.15, 0.2) is 53.7 Å². The van der Waals surface area contributed by atoms with Gasteiger partial charge in [0.15, 0.2) is 0 Å². The average molecular weight is 439 g/mol. The molecule has 31 heavy (non-hydrogen) atoms. The molecule has 0 spiro atoms. The van der Waals surface area contributed by atoms with Crippen LogP contribution in [0.3, 0.4) is 0 Å². The minimum atomic E-state index is -0.225. The number of rotatable bonds is 9. The van der Waals surface area contributed by atoms with Gasteiger partial charge >= 0.3 is 0 Å². The molecular weight excluding hydrogens is 416 g/mol. The van der Waals surface area contributed by atoms with Gasteiger partial charge in [-0.25, -0.2) is 0 Å². The molecule has 0 saturated heterocycles. The van der Waals surface area contributed by atoms with E-state index in [0.717, 1.165) is 12.8 Å². The number of tetrazole rings is 1. The molecule has 2 amide bonds. The number of carbonyl (C=O) groups excluding carboxylic acids is 2. The number of nitrogens with zero attached hydrogens (tertiary/aromatic N) is 4. The quantitative estimate of drug-likeness (QED) is 0.494. The van der Waals surface area contributed by atoms with Gasteiger partial charge in [-0.2, -0.15) is 4.68 Å². The van der Waals surface area contributed by atoms with Crippen molar-refractivity contribution in [3.8, 4) is 11.4 Å². The average Bonchev–Trinajstić information content (AvgIpc) is 3.46. The number of nitrogens with one attached hydrogen (secondary N) is 2. The topological polar surface area (TPSA) is 111 Å². The van der Waals surface area contributed by atoms with Crippen molar-refractivity contribution in [3.05, 3.63) is 54.1 Å². The molecule has 1 fully saturated rings. The third-order valence-corrected chi connectivity index (χ3v) is 5.41. The monoisotopic (exact) mass is 438 g/mol. The fourth-order valence-corrected chi connectivity index (χ4v) is 3.58.